The molecule has 2 amide bonds. The molecule has 7 heteroatoms. The summed E-state index contributed by atoms with van der Waals surface area (Å²) in [5.41, 5.74) is 5.10. The second kappa shape index (κ2) is 5.43. The van der Waals surface area contributed by atoms with E-state index >= 15 is 0 Å². The van der Waals surface area contributed by atoms with Gasteiger partial charge in [0.15, 0.2) is 0 Å². The van der Waals surface area contributed by atoms with Crippen LogP contribution in [0.15, 0.2) is 18.3 Å². The number of pyridine rings is 1. The standard InChI is InChI=1S/C9H10ClN3O3/c10-7-3-5(1-2-12-7)9(16)13-4-6(14)8(11)15/h1-3,6,14H,4H2,(H2,11,15)(H,13,16). The van der Waals surface area contributed by atoms with Crippen molar-refractivity contribution in [3.63, 3.8) is 0 Å². The molecule has 0 radical (unpaired) electrons. The predicted octanol–water partition coefficient (Wildman–Crippen LogP) is -0.689. The maximum absolute atomic E-state index is 11.5. The van der Waals surface area contributed by atoms with Crippen molar-refractivity contribution in [2.75, 3.05) is 6.54 Å². The van der Waals surface area contributed by atoms with Crippen molar-refractivity contribution in [1.29, 1.82) is 0 Å². The molecule has 6 nitrogen and oxygen atoms in total. The SMILES string of the molecule is NC(=O)C(O)CNC(=O)c1ccnc(Cl)c1. The maximum atomic E-state index is 11.5. The van der Waals surface area contributed by atoms with Gasteiger partial charge in [-0.1, -0.05) is 11.6 Å². The lowest BCUT2D eigenvalue weighted by molar-refractivity contribution is -0.125. The molecule has 0 aliphatic carbocycles. The Bertz CT molecular complexity index is 411. The van der Waals surface area contributed by atoms with E-state index in [0.717, 1.165) is 0 Å². The van der Waals surface area contributed by atoms with E-state index in [1.165, 1.54) is 18.3 Å². The first-order chi connectivity index (χ1) is 7.50. The molecule has 1 aromatic heterocycles. The number of rotatable bonds is 4. The van der Waals surface area contributed by atoms with Crippen LogP contribution in [0.5, 0.6) is 0 Å². The zero-order valence-electron chi connectivity index (χ0n) is 8.18. The van der Waals surface area contributed by atoms with Crippen molar-refractivity contribution >= 4 is 23.4 Å². The maximum Gasteiger partial charge on any atom is 0.251 e. The Morgan fingerprint density at radius 1 is 1.62 bits per heavy atom. The van der Waals surface area contributed by atoms with Gasteiger partial charge in [-0.3, -0.25) is 9.59 Å². The van der Waals surface area contributed by atoms with Crippen molar-refractivity contribution in [3.05, 3.63) is 29.0 Å². The number of carbonyl (C=O) groups excluding carboxylic acids is 2. The Morgan fingerprint density at radius 2 is 2.31 bits per heavy atom. The second-order valence-electron chi connectivity index (χ2n) is 3.00. The van der Waals surface area contributed by atoms with Crippen LogP contribution in [0.4, 0.5) is 0 Å². The van der Waals surface area contributed by atoms with Crippen molar-refractivity contribution in [1.82, 2.24) is 10.3 Å². The summed E-state index contributed by atoms with van der Waals surface area (Å²) < 4.78 is 0. The number of nitrogens with one attached hydrogen (secondary N) is 1. The first-order valence-corrected chi connectivity index (χ1v) is 4.75. The molecule has 0 aliphatic rings. The van der Waals surface area contributed by atoms with E-state index in [1.54, 1.807) is 0 Å². The summed E-state index contributed by atoms with van der Waals surface area (Å²) in [5, 5.41) is 11.6. The minimum atomic E-state index is -1.40. The van der Waals surface area contributed by atoms with E-state index in [0.29, 0.717) is 0 Å². The second-order valence-corrected chi connectivity index (χ2v) is 3.38. The molecule has 1 atom stereocenters. The van der Waals surface area contributed by atoms with Gasteiger partial charge in [-0.15, -0.1) is 0 Å². The average Bonchev–Trinajstić information content (AvgIpc) is 2.25. The highest BCUT2D eigenvalue weighted by Crippen LogP contribution is 2.06. The zero-order chi connectivity index (χ0) is 12.1. The molecular weight excluding hydrogens is 234 g/mol. The number of aliphatic hydroxyl groups excluding tert-OH is 1. The molecule has 1 unspecified atom stereocenters. The fourth-order valence-electron chi connectivity index (χ4n) is 0.936. The van der Waals surface area contributed by atoms with Crippen LogP contribution in [0.1, 0.15) is 10.4 Å². The molecule has 0 fully saturated rings. The van der Waals surface area contributed by atoms with Gasteiger partial charge in [-0.05, 0) is 12.1 Å². The number of hydrogen-bond acceptors (Lipinski definition) is 4. The molecule has 0 aromatic carbocycles. The van der Waals surface area contributed by atoms with Crippen molar-refractivity contribution in [3.8, 4) is 0 Å². The van der Waals surface area contributed by atoms with Crippen LogP contribution < -0.4 is 11.1 Å². The number of amides is 2. The molecule has 1 heterocycles. The highest BCUT2D eigenvalue weighted by Gasteiger charge is 2.13. The lowest BCUT2D eigenvalue weighted by Crippen LogP contribution is -2.39. The van der Waals surface area contributed by atoms with E-state index in [9.17, 15) is 9.59 Å². The fraction of sp³-hybridized carbons (Fsp3) is 0.222. The smallest absolute Gasteiger partial charge is 0.251 e. The van der Waals surface area contributed by atoms with Gasteiger partial charge in [0.25, 0.3) is 5.91 Å². The summed E-state index contributed by atoms with van der Waals surface area (Å²) in [5.74, 6) is -1.36. The molecule has 16 heavy (non-hydrogen) atoms. The Balaban J connectivity index is 2.56. The third-order valence-electron chi connectivity index (χ3n) is 1.77. The molecule has 0 saturated heterocycles. The van der Waals surface area contributed by atoms with Crippen LogP contribution in [0.2, 0.25) is 5.15 Å². The zero-order valence-corrected chi connectivity index (χ0v) is 8.94. The lowest BCUT2D eigenvalue weighted by atomic mass is 10.2. The molecule has 0 aliphatic heterocycles. The third-order valence-corrected chi connectivity index (χ3v) is 1.98. The summed E-state index contributed by atoms with van der Waals surface area (Å²) in [6.07, 6.45) is -0.0249. The molecule has 0 bridgehead atoms. The molecule has 0 saturated carbocycles. The highest BCUT2D eigenvalue weighted by atomic mass is 35.5. The number of halogens is 1. The van der Waals surface area contributed by atoms with Gasteiger partial charge in [0.05, 0.1) is 6.54 Å². The van der Waals surface area contributed by atoms with Crippen molar-refractivity contribution in [2.24, 2.45) is 5.73 Å². The first kappa shape index (κ1) is 12.4. The number of aromatic nitrogens is 1. The van der Waals surface area contributed by atoms with E-state index in [-0.39, 0.29) is 17.3 Å². The van der Waals surface area contributed by atoms with Gasteiger partial charge < -0.3 is 16.2 Å². The Hall–Kier alpha value is -1.66. The van der Waals surface area contributed by atoms with Crippen LogP contribution in [0, 0.1) is 0 Å². The van der Waals surface area contributed by atoms with Gasteiger partial charge in [0, 0.05) is 11.8 Å². The van der Waals surface area contributed by atoms with Gasteiger partial charge in [-0.25, -0.2) is 4.98 Å². The minimum absolute atomic E-state index is 0.183. The van der Waals surface area contributed by atoms with Crippen molar-refractivity contribution in [2.45, 2.75) is 6.10 Å². The van der Waals surface area contributed by atoms with E-state index in [1.807, 2.05) is 0 Å². The molecule has 86 valence electrons. The molecule has 1 rings (SSSR count). The van der Waals surface area contributed by atoms with E-state index in [4.69, 9.17) is 22.4 Å². The Kier molecular flexibility index (Phi) is 4.21. The normalized spacial score (nSPS) is 11.9. The summed E-state index contributed by atoms with van der Waals surface area (Å²) in [6, 6.07) is 2.82. The largest absolute Gasteiger partial charge is 0.381 e. The number of nitrogens with zero attached hydrogens (tertiary/aromatic N) is 1. The molecule has 0 spiro atoms. The lowest BCUT2D eigenvalue weighted by Gasteiger charge is -2.08. The fourth-order valence-corrected chi connectivity index (χ4v) is 1.11. The monoisotopic (exact) mass is 243 g/mol. The van der Waals surface area contributed by atoms with Gasteiger partial charge in [-0.2, -0.15) is 0 Å². The minimum Gasteiger partial charge on any atom is -0.381 e. The first-order valence-electron chi connectivity index (χ1n) is 4.38. The van der Waals surface area contributed by atoms with Gasteiger partial charge in [0.2, 0.25) is 5.91 Å². The molecular formula is C9H10ClN3O3. The topological polar surface area (TPSA) is 105 Å². The number of carbonyl (C=O) groups is 2. The molecule has 4 N–H and O–H groups in total. The highest BCUT2D eigenvalue weighted by molar-refractivity contribution is 6.29. The van der Waals surface area contributed by atoms with Crippen LogP contribution in [0.3, 0.4) is 0 Å². The van der Waals surface area contributed by atoms with Crippen LogP contribution in [-0.2, 0) is 4.79 Å². The summed E-state index contributed by atoms with van der Waals surface area (Å²) >= 11 is 5.59. The van der Waals surface area contributed by atoms with Crippen LogP contribution in [-0.4, -0.2) is 34.6 Å². The summed E-state index contributed by atoms with van der Waals surface area (Å²) in [4.78, 5) is 25.7. The summed E-state index contributed by atoms with van der Waals surface area (Å²) in [7, 11) is 0. The number of hydrogen-bond donors (Lipinski definition) is 3. The number of aliphatic hydroxyl groups is 1. The number of primary amides is 1. The van der Waals surface area contributed by atoms with Crippen LogP contribution >= 0.6 is 11.6 Å². The van der Waals surface area contributed by atoms with Crippen LogP contribution in [0.25, 0.3) is 0 Å². The third kappa shape index (κ3) is 3.48. The summed E-state index contributed by atoms with van der Waals surface area (Å²) in [6.45, 7) is -0.242. The molecule has 1 aromatic rings. The average molecular weight is 244 g/mol. The van der Waals surface area contributed by atoms with Gasteiger partial charge in [0.1, 0.15) is 11.3 Å². The van der Waals surface area contributed by atoms with E-state index < -0.39 is 17.9 Å². The Labute approximate surface area is 96.4 Å². The number of nitrogens with two attached hydrogens (primary N) is 1. The quantitative estimate of drug-likeness (QED) is 0.609. The Morgan fingerprint density at radius 3 is 2.88 bits per heavy atom. The van der Waals surface area contributed by atoms with E-state index in [2.05, 4.69) is 10.3 Å². The van der Waals surface area contributed by atoms with Gasteiger partial charge >= 0.3 is 0 Å². The predicted molar refractivity (Wildman–Crippen MR) is 56.8 cm³/mol. The van der Waals surface area contributed by atoms with Crippen molar-refractivity contribution < 1.29 is 14.7 Å².